The number of rotatable bonds is 0. The molecule has 0 bridgehead atoms. The van der Waals surface area contributed by atoms with Gasteiger partial charge in [0.15, 0.2) is 0 Å². The minimum absolute atomic E-state index is 0.0369. The van der Waals surface area contributed by atoms with Crippen molar-refractivity contribution in [1.29, 1.82) is 0 Å². The highest BCUT2D eigenvalue weighted by Gasteiger charge is 2.62. The van der Waals surface area contributed by atoms with E-state index in [0.717, 1.165) is 44.1 Å². The van der Waals surface area contributed by atoms with Crippen LogP contribution < -0.4 is 0 Å². The summed E-state index contributed by atoms with van der Waals surface area (Å²) in [5.74, 6) is 0.783. The molecule has 0 aliphatic heterocycles. The maximum atomic E-state index is 10.9. The van der Waals surface area contributed by atoms with Crippen molar-refractivity contribution in [2.45, 2.75) is 77.1 Å². The lowest BCUT2D eigenvalue weighted by Crippen LogP contribution is -2.56. The maximum absolute atomic E-state index is 10.9. The van der Waals surface area contributed by atoms with Gasteiger partial charge in [-0.1, -0.05) is 13.8 Å². The molecule has 0 heterocycles. The Balaban J connectivity index is 1.78. The summed E-state index contributed by atoms with van der Waals surface area (Å²) in [5, 5.41) is 42.1. The third kappa shape index (κ3) is 1.95. The molecule has 0 spiro atoms. The van der Waals surface area contributed by atoms with Crippen LogP contribution in [0.2, 0.25) is 0 Å². The van der Waals surface area contributed by atoms with Gasteiger partial charge in [-0.15, -0.1) is 0 Å². The van der Waals surface area contributed by atoms with E-state index in [1.165, 1.54) is 0 Å². The van der Waals surface area contributed by atoms with Crippen molar-refractivity contribution in [3.63, 3.8) is 0 Å². The topological polar surface area (TPSA) is 80.9 Å². The van der Waals surface area contributed by atoms with E-state index < -0.39 is 12.2 Å². The normalized spacial score (nSPS) is 56.0. The van der Waals surface area contributed by atoms with Crippen LogP contribution in [-0.4, -0.2) is 38.7 Å². The third-order valence-electron chi connectivity index (χ3n) is 8.18. The Bertz CT molecular complexity index is 543. The summed E-state index contributed by atoms with van der Waals surface area (Å²) in [5.41, 5.74) is 0.666. The summed E-state index contributed by atoms with van der Waals surface area (Å²) in [7, 11) is 0. The number of hydrogen-bond donors (Lipinski definition) is 4. The summed E-state index contributed by atoms with van der Waals surface area (Å²) in [6, 6.07) is 0. The van der Waals surface area contributed by atoms with Gasteiger partial charge < -0.3 is 20.4 Å². The molecule has 3 fully saturated rings. The minimum atomic E-state index is -0.830. The summed E-state index contributed by atoms with van der Waals surface area (Å²) < 4.78 is 0. The van der Waals surface area contributed by atoms with Crippen LogP contribution >= 0.6 is 0 Å². The fraction of sp³-hybridized carbons (Fsp3) is 0.895. The van der Waals surface area contributed by atoms with Gasteiger partial charge in [0.25, 0.3) is 0 Å². The van der Waals surface area contributed by atoms with Crippen LogP contribution in [0.5, 0.6) is 0 Å². The molecule has 130 valence electrons. The summed E-state index contributed by atoms with van der Waals surface area (Å²) in [4.78, 5) is 0. The Morgan fingerprint density at radius 1 is 0.913 bits per heavy atom. The first-order valence-corrected chi connectivity index (χ1v) is 9.25. The van der Waals surface area contributed by atoms with E-state index in [0.29, 0.717) is 12.3 Å². The molecule has 23 heavy (non-hydrogen) atoms. The van der Waals surface area contributed by atoms with Gasteiger partial charge in [0.05, 0.1) is 12.2 Å². The molecule has 8 atom stereocenters. The van der Waals surface area contributed by atoms with E-state index in [9.17, 15) is 20.4 Å². The van der Waals surface area contributed by atoms with Crippen molar-refractivity contribution in [1.82, 2.24) is 0 Å². The maximum Gasteiger partial charge on any atom is 0.121 e. The molecule has 4 aliphatic rings. The van der Waals surface area contributed by atoms with Gasteiger partial charge in [0.2, 0.25) is 0 Å². The van der Waals surface area contributed by atoms with E-state index in [-0.39, 0.29) is 34.5 Å². The molecule has 3 saturated carbocycles. The average molecular weight is 322 g/mol. The molecule has 4 nitrogen and oxygen atoms in total. The summed E-state index contributed by atoms with van der Waals surface area (Å²) in [6.45, 7) is 4.39. The van der Waals surface area contributed by atoms with Crippen molar-refractivity contribution < 1.29 is 20.4 Å². The van der Waals surface area contributed by atoms with E-state index in [4.69, 9.17) is 0 Å². The van der Waals surface area contributed by atoms with E-state index in [2.05, 4.69) is 13.8 Å². The van der Waals surface area contributed by atoms with Crippen LogP contribution in [0, 0.1) is 28.6 Å². The molecule has 0 radical (unpaired) electrons. The quantitative estimate of drug-likeness (QED) is 0.552. The Hall–Kier alpha value is -0.580. The van der Waals surface area contributed by atoms with Gasteiger partial charge in [-0.05, 0) is 79.1 Å². The summed E-state index contributed by atoms with van der Waals surface area (Å²) >= 11 is 0. The van der Waals surface area contributed by atoms with Crippen LogP contribution in [0.15, 0.2) is 11.3 Å². The Labute approximate surface area is 138 Å². The zero-order valence-corrected chi connectivity index (χ0v) is 14.2. The zero-order chi connectivity index (χ0) is 16.6. The SMILES string of the molecule is C[C@]12CCC(O)CC1=C(O)C(O)[C@@H]1[C@H]2CC[C@]2(C)C(O)CC[C@@H]12. The average Bonchev–Trinajstić information content (AvgIpc) is 2.82. The van der Waals surface area contributed by atoms with Crippen molar-refractivity contribution in [3.05, 3.63) is 11.3 Å². The second kappa shape index (κ2) is 4.96. The van der Waals surface area contributed by atoms with Crippen LogP contribution in [0.3, 0.4) is 0 Å². The molecule has 4 heteroatoms. The largest absolute Gasteiger partial charge is 0.510 e. The van der Waals surface area contributed by atoms with Gasteiger partial charge in [-0.3, -0.25) is 0 Å². The second-order valence-electron chi connectivity index (χ2n) is 9.05. The van der Waals surface area contributed by atoms with Gasteiger partial charge >= 0.3 is 0 Å². The summed E-state index contributed by atoms with van der Waals surface area (Å²) in [6.07, 6.45) is 4.39. The van der Waals surface area contributed by atoms with Gasteiger partial charge in [0, 0.05) is 0 Å². The number of fused-ring (bicyclic) bond motifs is 5. The second-order valence-corrected chi connectivity index (χ2v) is 9.05. The predicted octanol–water partition coefficient (Wildman–Crippen LogP) is 2.53. The van der Waals surface area contributed by atoms with Crippen molar-refractivity contribution in [2.75, 3.05) is 0 Å². The smallest absolute Gasteiger partial charge is 0.121 e. The molecule has 0 saturated heterocycles. The third-order valence-corrected chi connectivity index (χ3v) is 8.18. The molecule has 3 unspecified atom stereocenters. The fourth-order valence-corrected chi connectivity index (χ4v) is 6.71. The molecule has 0 aromatic rings. The monoisotopic (exact) mass is 322 g/mol. The van der Waals surface area contributed by atoms with Gasteiger partial charge in [0.1, 0.15) is 11.9 Å². The molecule has 4 aliphatic carbocycles. The minimum Gasteiger partial charge on any atom is -0.510 e. The molecule has 4 N–H and O–H groups in total. The first-order chi connectivity index (χ1) is 10.8. The van der Waals surface area contributed by atoms with Gasteiger partial charge in [-0.2, -0.15) is 0 Å². The van der Waals surface area contributed by atoms with Crippen LogP contribution in [0.1, 0.15) is 58.8 Å². The molecule has 4 rings (SSSR count). The molecular formula is C19H30O4. The molecule has 0 amide bonds. The fourth-order valence-electron chi connectivity index (χ4n) is 6.71. The molecule has 0 aromatic heterocycles. The Morgan fingerprint density at radius 2 is 1.65 bits per heavy atom. The van der Waals surface area contributed by atoms with Crippen LogP contribution in [0.4, 0.5) is 0 Å². The lowest BCUT2D eigenvalue weighted by Gasteiger charge is -2.59. The van der Waals surface area contributed by atoms with E-state index in [1.807, 2.05) is 0 Å². The highest BCUT2D eigenvalue weighted by Crippen LogP contribution is 2.65. The van der Waals surface area contributed by atoms with Crippen LogP contribution in [0.25, 0.3) is 0 Å². The first kappa shape index (κ1) is 15.9. The van der Waals surface area contributed by atoms with Crippen molar-refractivity contribution in [3.8, 4) is 0 Å². The standard InChI is InChI=1S/C19H30O4/c1-18-7-5-10(20)9-13(18)16(22)17(23)15-11-3-4-14(21)19(11,2)8-6-12(15)18/h10-12,14-15,17,20-23H,3-9H2,1-2H3/t10?,11-,12+,14?,15-,17?,18+,19-/m0/s1. The lowest BCUT2D eigenvalue weighted by molar-refractivity contribution is -0.120. The highest BCUT2D eigenvalue weighted by atomic mass is 16.3. The molecular weight excluding hydrogens is 292 g/mol. The van der Waals surface area contributed by atoms with Gasteiger partial charge in [-0.25, -0.2) is 0 Å². The van der Waals surface area contributed by atoms with Crippen LogP contribution in [-0.2, 0) is 0 Å². The van der Waals surface area contributed by atoms with E-state index in [1.54, 1.807) is 0 Å². The predicted molar refractivity (Wildman–Crippen MR) is 86.7 cm³/mol. The number of aliphatic hydroxyl groups excluding tert-OH is 4. The lowest BCUT2D eigenvalue weighted by atomic mass is 9.47. The Morgan fingerprint density at radius 3 is 2.39 bits per heavy atom. The van der Waals surface area contributed by atoms with Crippen molar-refractivity contribution >= 4 is 0 Å². The first-order valence-electron chi connectivity index (χ1n) is 9.25. The Kier molecular flexibility index (Phi) is 3.44. The zero-order valence-electron chi connectivity index (χ0n) is 14.2. The molecule has 0 aromatic carbocycles. The van der Waals surface area contributed by atoms with Crippen molar-refractivity contribution in [2.24, 2.45) is 28.6 Å². The van der Waals surface area contributed by atoms with E-state index >= 15 is 0 Å². The number of aliphatic hydroxyl groups is 4. The number of hydrogen-bond acceptors (Lipinski definition) is 4. The highest BCUT2D eigenvalue weighted by molar-refractivity contribution is 5.31.